The van der Waals surface area contributed by atoms with Crippen LogP contribution in [0.15, 0.2) is 23.6 Å². The Labute approximate surface area is 146 Å². The molecule has 1 aliphatic carbocycles. The van der Waals surface area contributed by atoms with E-state index in [9.17, 15) is 4.79 Å². The number of ether oxygens (including phenoxy) is 2. The van der Waals surface area contributed by atoms with Gasteiger partial charge in [0.2, 0.25) is 0 Å². The molecule has 1 aromatic carbocycles. The van der Waals surface area contributed by atoms with Crippen LogP contribution in [0.4, 0.5) is 0 Å². The van der Waals surface area contributed by atoms with Crippen molar-refractivity contribution in [3.8, 4) is 11.5 Å². The first-order chi connectivity index (χ1) is 11.7. The van der Waals surface area contributed by atoms with Crippen LogP contribution in [0.25, 0.3) is 0 Å². The maximum atomic E-state index is 12.4. The second kappa shape index (κ2) is 7.66. The molecule has 3 rings (SSSR count). The topological polar surface area (TPSA) is 60.5 Å². The fourth-order valence-corrected chi connectivity index (χ4v) is 3.38. The van der Waals surface area contributed by atoms with E-state index < -0.39 is 0 Å². The lowest BCUT2D eigenvalue weighted by molar-refractivity contribution is 0.0950. The third-order valence-electron chi connectivity index (χ3n) is 3.73. The zero-order valence-corrected chi connectivity index (χ0v) is 14.8. The Kier molecular flexibility index (Phi) is 5.35. The molecular formula is C18H22N2O3S. The van der Waals surface area contributed by atoms with Gasteiger partial charge in [-0.3, -0.25) is 4.79 Å². The van der Waals surface area contributed by atoms with Crippen molar-refractivity contribution < 1.29 is 14.3 Å². The van der Waals surface area contributed by atoms with Crippen LogP contribution in [0.1, 0.15) is 53.7 Å². The molecule has 24 heavy (non-hydrogen) atoms. The van der Waals surface area contributed by atoms with Crippen LogP contribution in [0, 0.1) is 0 Å². The summed E-state index contributed by atoms with van der Waals surface area (Å²) in [6.45, 7) is 5.34. The van der Waals surface area contributed by atoms with Gasteiger partial charge in [0.05, 0.1) is 30.5 Å². The minimum Gasteiger partial charge on any atom is -0.490 e. The number of nitrogens with one attached hydrogen (secondary N) is 1. The number of carbonyl (C=O) groups is 1. The first-order valence-corrected chi connectivity index (χ1v) is 9.21. The number of benzene rings is 1. The molecular weight excluding hydrogens is 324 g/mol. The molecule has 0 spiro atoms. The molecule has 1 N–H and O–H groups in total. The largest absolute Gasteiger partial charge is 0.490 e. The minimum absolute atomic E-state index is 0.139. The molecule has 1 heterocycles. The highest BCUT2D eigenvalue weighted by atomic mass is 32.1. The van der Waals surface area contributed by atoms with Gasteiger partial charge >= 0.3 is 0 Å². The highest BCUT2D eigenvalue weighted by Gasteiger charge is 2.26. The molecule has 0 radical (unpaired) electrons. The molecule has 1 aromatic heterocycles. The van der Waals surface area contributed by atoms with E-state index in [-0.39, 0.29) is 5.91 Å². The van der Waals surface area contributed by atoms with Gasteiger partial charge in [0.15, 0.2) is 11.5 Å². The predicted octanol–water partition coefficient (Wildman–Crippen LogP) is 3.75. The van der Waals surface area contributed by atoms with Gasteiger partial charge in [0.25, 0.3) is 5.91 Å². The van der Waals surface area contributed by atoms with Gasteiger partial charge in [-0.05, 0) is 44.9 Å². The maximum absolute atomic E-state index is 12.4. The zero-order valence-electron chi connectivity index (χ0n) is 14.0. The van der Waals surface area contributed by atoms with Gasteiger partial charge < -0.3 is 14.8 Å². The van der Waals surface area contributed by atoms with E-state index >= 15 is 0 Å². The predicted molar refractivity (Wildman–Crippen MR) is 94.0 cm³/mol. The molecule has 5 nitrogen and oxygen atoms in total. The SMILES string of the molecule is CCOc1ccc(C(=O)NCc2csc(C3CC3)n2)cc1OCC. The molecule has 0 aliphatic heterocycles. The summed E-state index contributed by atoms with van der Waals surface area (Å²) >= 11 is 1.69. The summed E-state index contributed by atoms with van der Waals surface area (Å²) in [5.41, 5.74) is 1.48. The third kappa shape index (κ3) is 4.06. The smallest absolute Gasteiger partial charge is 0.251 e. The van der Waals surface area contributed by atoms with Crippen LogP contribution in [-0.2, 0) is 6.54 Å². The molecule has 0 saturated heterocycles. The quantitative estimate of drug-likeness (QED) is 0.791. The van der Waals surface area contributed by atoms with Crippen LogP contribution in [0.3, 0.4) is 0 Å². The van der Waals surface area contributed by atoms with Gasteiger partial charge in [-0.25, -0.2) is 4.98 Å². The monoisotopic (exact) mass is 346 g/mol. The molecule has 128 valence electrons. The maximum Gasteiger partial charge on any atom is 0.251 e. The Balaban J connectivity index is 1.63. The first kappa shape index (κ1) is 16.8. The van der Waals surface area contributed by atoms with Crippen molar-refractivity contribution in [1.82, 2.24) is 10.3 Å². The summed E-state index contributed by atoms with van der Waals surface area (Å²) < 4.78 is 11.1. The van der Waals surface area contributed by atoms with Crippen molar-refractivity contribution in [3.63, 3.8) is 0 Å². The summed E-state index contributed by atoms with van der Waals surface area (Å²) in [5.74, 6) is 1.76. The average molecular weight is 346 g/mol. The summed E-state index contributed by atoms with van der Waals surface area (Å²) in [6.07, 6.45) is 2.48. The van der Waals surface area contributed by atoms with Crippen LogP contribution >= 0.6 is 11.3 Å². The van der Waals surface area contributed by atoms with Gasteiger partial charge in [0, 0.05) is 16.9 Å². The molecule has 0 unspecified atom stereocenters. The van der Waals surface area contributed by atoms with E-state index in [1.165, 1.54) is 17.8 Å². The van der Waals surface area contributed by atoms with E-state index in [1.54, 1.807) is 29.5 Å². The lowest BCUT2D eigenvalue weighted by Gasteiger charge is -2.12. The van der Waals surface area contributed by atoms with E-state index in [4.69, 9.17) is 9.47 Å². The van der Waals surface area contributed by atoms with Crippen LogP contribution in [-0.4, -0.2) is 24.1 Å². The van der Waals surface area contributed by atoms with Crippen molar-refractivity contribution in [3.05, 3.63) is 39.8 Å². The van der Waals surface area contributed by atoms with Crippen molar-refractivity contribution in [2.45, 2.75) is 39.2 Å². The van der Waals surface area contributed by atoms with E-state index in [0.717, 1.165) is 5.69 Å². The van der Waals surface area contributed by atoms with Gasteiger partial charge in [-0.15, -0.1) is 11.3 Å². The van der Waals surface area contributed by atoms with Crippen molar-refractivity contribution in [2.75, 3.05) is 13.2 Å². The van der Waals surface area contributed by atoms with Gasteiger partial charge in [-0.1, -0.05) is 0 Å². The lowest BCUT2D eigenvalue weighted by Crippen LogP contribution is -2.23. The Morgan fingerprint density at radius 3 is 2.71 bits per heavy atom. The normalized spacial score (nSPS) is 13.6. The molecule has 0 bridgehead atoms. The van der Waals surface area contributed by atoms with Crippen LogP contribution < -0.4 is 14.8 Å². The van der Waals surface area contributed by atoms with Crippen molar-refractivity contribution >= 4 is 17.2 Å². The Morgan fingerprint density at radius 1 is 1.25 bits per heavy atom. The van der Waals surface area contributed by atoms with E-state index in [1.807, 2.05) is 19.2 Å². The molecule has 6 heteroatoms. The van der Waals surface area contributed by atoms with Crippen LogP contribution in [0.2, 0.25) is 0 Å². The highest BCUT2D eigenvalue weighted by molar-refractivity contribution is 7.09. The fourth-order valence-electron chi connectivity index (χ4n) is 2.39. The lowest BCUT2D eigenvalue weighted by atomic mass is 10.2. The summed E-state index contributed by atoms with van der Waals surface area (Å²) in [4.78, 5) is 16.9. The molecule has 2 aromatic rings. The van der Waals surface area contributed by atoms with Crippen molar-refractivity contribution in [1.29, 1.82) is 0 Å². The average Bonchev–Trinajstić information content (AvgIpc) is 3.33. The third-order valence-corrected chi connectivity index (χ3v) is 4.79. The highest BCUT2D eigenvalue weighted by Crippen LogP contribution is 2.41. The van der Waals surface area contributed by atoms with Gasteiger partial charge in [-0.2, -0.15) is 0 Å². The Morgan fingerprint density at radius 2 is 2.00 bits per heavy atom. The number of hydrogen-bond acceptors (Lipinski definition) is 5. The molecule has 1 fully saturated rings. The summed E-state index contributed by atoms with van der Waals surface area (Å²) in [7, 11) is 0. The van der Waals surface area contributed by atoms with E-state index in [0.29, 0.717) is 42.7 Å². The first-order valence-electron chi connectivity index (χ1n) is 8.33. The number of hydrogen-bond donors (Lipinski definition) is 1. The van der Waals surface area contributed by atoms with Gasteiger partial charge in [0.1, 0.15) is 0 Å². The second-order valence-corrected chi connectivity index (χ2v) is 6.55. The fraction of sp³-hybridized carbons (Fsp3) is 0.444. The summed E-state index contributed by atoms with van der Waals surface area (Å²) in [6, 6.07) is 5.25. The second-order valence-electron chi connectivity index (χ2n) is 5.66. The number of amides is 1. The Hall–Kier alpha value is -2.08. The number of nitrogens with zero attached hydrogens (tertiary/aromatic N) is 1. The molecule has 0 atom stereocenters. The number of thiazole rings is 1. The molecule has 1 aliphatic rings. The standard InChI is InChI=1S/C18H22N2O3S/c1-3-22-15-8-7-13(9-16(15)23-4-2)17(21)19-10-14-11-24-18(20-14)12-5-6-12/h7-9,11-12H,3-6,10H2,1-2H3,(H,19,21). The minimum atomic E-state index is -0.139. The van der Waals surface area contributed by atoms with Crippen molar-refractivity contribution in [2.24, 2.45) is 0 Å². The molecule has 1 amide bonds. The molecule has 1 saturated carbocycles. The zero-order chi connectivity index (χ0) is 16.9. The Bertz CT molecular complexity index is 710. The number of aromatic nitrogens is 1. The number of rotatable bonds is 8. The summed E-state index contributed by atoms with van der Waals surface area (Å²) in [5, 5.41) is 6.14. The van der Waals surface area contributed by atoms with E-state index in [2.05, 4.69) is 10.3 Å². The number of carbonyl (C=O) groups excluding carboxylic acids is 1. The van der Waals surface area contributed by atoms with Crippen LogP contribution in [0.5, 0.6) is 11.5 Å².